The van der Waals surface area contributed by atoms with Gasteiger partial charge in [-0.3, -0.25) is 0 Å². The highest BCUT2D eigenvalue weighted by Crippen LogP contribution is 2.25. The van der Waals surface area contributed by atoms with Crippen LogP contribution in [0.2, 0.25) is 0 Å². The number of likely N-dealkylation sites (N-methyl/N-ethyl adjacent to an activating group) is 1. The Morgan fingerprint density at radius 3 is 3.00 bits per heavy atom. The largest absolute Gasteiger partial charge is 0.376 e. The average Bonchev–Trinajstić information content (AvgIpc) is 2.75. The second-order valence-corrected chi connectivity index (χ2v) is 4.35. The SMILES string of the molecule is CC1OCCC1N(C)c1nccc(CN)c1F. The fourth-order valence-corrected chi connectivity index (χ4v) is 2.26. The van der Waals surface area contributed by atoms with Crippen LogP contribution in [0, 0.1) is 5.82 Å². The summed E-state index contributed by atoms with van der Waals surface area (Å²) in [7, 11) is 1.85. The maximum absolute atomic E-state index is 14.1. The molecule has 2 N–H and O–H groups in total. The zero-order valence-corrected chi connectivity index (χ0v) is 10.2. The van der Waals surface area contributed by atoms with Crippen molar-refractivity contribution < 1.29 is 9.13 Å². The third kappa shape index (κ3) is 2.25. The number of nitrogens with zero attached hydrogens (tertiary/aromatic N) is 2. The smallest absolute Gasteiger partial charge is 0.170 e. The molecule has 0 aromatic carbocycles. The molecule has 2 rings (SSSR count). The van der Waals surface area contributed by atoms with Crippen LogP contribution in [0.25, 0.3) is 0 Å². The fourth-order valence-electron chi connectivity index (χ4n) is 2.26. The fraction of sp³-hybridized carbons (Fsp3) is 0.583. The van der Waals surface area contributed by atoms with Gasteiger partial charge >= 0.3 is 0 Å². The Bertz CT molecular complexity index is 399. The van der Waals surface area contributed by atoms with Gasteiger partial charge in [-0.15, -0.1) is 0 Å². The average molecular weight is 239 g/mol. The number of rotatable bonds is 3. The number of aromatic nitrogens is 1. The van der Waals surface area contributed by atoms with E-state index in [2.05, 4.69) is 4.98 Å². The van der Waals surface area contributed by atoms with Gasteiger partial charge in [0.2, 0.25) is 0 Å². The molecule has 1 aliphatic heterocycles. The third-order valence-electron chi connectivity index (χ3n) is 3.34. The van der Waals surface area contributed by atoms with E-state index in [-0.39, 0.29) is 24.5 Å². The highest BCUT2D eigenvalue weighted by Gasteiger charge is 2.30. The van der Waals surface area contributed by atoms with Crippen molar-refractivity contribution in [2.24, 2.45) is 5.73 Å². The van der Waals surface area contributed by atoms with Crippen LogP contribution < -0.4 is 10.6 Å². The summed E-state index contributed by atoms with van der Waals surface area (Å²) in [6.45, 7) is 2.90. The van der Waals surface area contributed by atoms with Crippen molar-refractivity contribution in [1.29, 1.82) is 0 Å². The van der Waals surface area contributed by atoms with Crippen LogP contribution in [0.1, 0.15) is 18.9 Å². The number of hydrogen-bond acceptors (Lipinski definition) is 4. The van der Waals surface area contributed by atoms with Gasteiger partial charge in [0.1, 0.15) is 0 Å². The molecule has 0 spiro atoms. The van der Waals surface area contributed by atoms with Gasteiger partial charge in [0, 0.05) is 32.0 Å². The number of nitrogens with two attached hydrogens (primary N) is 1. The Morgan fingerprint density at radius 2 is 2.41 bits per heavy atom. The van der Waals surface area contributed by atoms with Crippen LogP contribution in [0.5, 0.6) is 0 Å². The van der Waals surface area contributed by atoms with E-state index < -0.39 is 0 Å². The number of pyridine rings is 1. The quantitative estimate of drug-likeness (QED) is 0.863. The zero-order valence-electron chi connectivity index (χ0n) is 10.2. The molecule has 5 heteroatoms. The van der Waals surface area contributed by atoms with Crippen molar-refractivity contribution in [1.82, 2.24) is 4.98 Å². The van der Waals surface area contributed by atoms with Gasteiger partial charge < -0.3 is 15.4 Å². The Balaban J connectivity index is 2.27. The summed E-state index contributed by atoms with van der Waals surface area (Å²) < 4.78 is 19.6. The van der Waals surface area contributed by atoms with Crippen molar-refractivity contribution >= 4 is 5.82 Å². The second kappa shape index (κ2) is 4.98. The zero-order chi connectivity index (χ0) is 12.4. The molecule has 1 saturated heterocycles. The molecular weight excluding hydrogens is 221 g/mol. The highest BCUT2D eigenvalue weighted by atomic mass is 19.1. The van der Waals surface area contributed by atoms with Gasteiger partial charge in [0.15, 0.2) is 11.6 Å². The highest BCUT2D eigenvalue weighted by molar-refractivity contribution is 5.43. The van der Waals surface area contributed by atoms with Crippen LogP contribution in [0.3, 0.4) is 0 Å². The molecule has 2 unspecified atom stereocenters. The predicted molar refractivity (Wildman–Crippen MR) is 64.3 cm³/mol. The van der Waals surface area contributed by atoms with E-state index in [9.17, 15) is 4.39 Å². The topological polar surface area (TPSA) is 51.4 Å². The molecule has 1 aliphatic rings. The van der Waals surface area contributed by atoms with Crippen LogP contribution in [-0.2, 0) is 11.3 Å². The first-order valence-corrected chi connectivity index (χ1v) is 5.83. The van der Waals surface area contributed by atoms with E-state index in [1.54, 1.807) is 12.3 Å². The Morgan fingerprint density at radius 1 is 1.65 bits per heavy atom. The molecule has 2 heterocycles. The van der Waals surface area contributed by atoms with Crippen LogP contribution in [0.4, 0.5) is 10.2 Å². The van der Waals surface area contributed by atoms with Crippen molar-refractivity contribution in [2.45, 2.75) is 32.0 Å². The number of halogens is 1. The number of anilines is 1. The van der Waals surface area contributed by atoms with E-state index in [0.717, 1.165) is 6.42 Å². The molecule has 4 nitrogen and oxygen atoms in total. The van der Waals surface area contributed by atoms with Crippen LogP contribution in [0.15, 0.2) is 12.3 Å². The third-order valence-corrected chi connectivity index (χ3v) is 3.34. The van der Waals surface area contributed by atoms with Gasteiger partial charge in [-0.05, 0) is 19.4 Å². The molecule has 1 aromatic rings. The van der Waals surface area contributed by atoms with Gasteiger partial charge in [0.25, 0.3) is 0 Å². The number of hydrogen-bond donors (Lipinski definition) is 1. The van der Waals surface area contributed by atoms with Gasteiger partial charge in [0.05, 0.1) is 12.1 Å². The summed E-state index contributed by atoms with van der Waals surface area (Å²) in [5.74, 6) is 0.0342. The number of ether oxygens (including phenoxy) is 1. The Kier molecular flexibility index (Phi) is 3.59. The molecule has 0 aliphatic carbocycles. The molecule has 2 atom stereocenters. The summed E-state index contributed by atoms with van der Waals surface area (Å²) in [6, 6.07) is 1.78. The maximum Gasteiger partial charge on any atom is 0.170 e. The molecule has 1 fully saturated rings. The summed E-state index contributed by atoms with van der Waals surface area (Å²) in [6.07, 6.45) is 2.59. The predicted octanol–water partition coefficient (Wildman–Crippen LogP) is 1.29. The van der Waals surface area contributed by atoms with Gasteiger partial charge in [-0.25, -0.2) is 9.37 Å². The van der Waals surface area contributed by atoms with E-state index in [0.29, 0.717) is 18.0 Å². The van der Waals surface area contributed by atoms with E-state index in [4.69, 9.17) is 10.5 Å². The summed E-state index contributed by atoms with van der Waals surface area (Å²) >= 11 is 0. The van der Waals surface area contributed by atoms with Gasteiger partial charge in [-0.2, -0.15) is 0 Å². The van der Waals surface area contributed by atoms with Crippen molar-refractivity contribution in [3.63, 3.8) is 0 Å². The summed E-state index contributed by atoms with van der Waals surface area (Å²) in [4.78, 5) is 5.96. The lowest BCUT2D eigenvalue weighted by molar-refractivity contribution is 0.118. The first-order valence-electron chi connectivity index (χ1n) is 5.83. The standard InChI is InChI=1S/C12H18FN3O/c1-8-10(4-6-17-8)16(2)12-11(13)9(7-14)3-5-15-12/h3,5,8,10H,4,6-7,14H2,1-2H3. The van der Waals surface area contributed by atoms with E-state index in [1.807, 2.05) is 18.9 Å². The Hall–Kier alpha value is -1.20. The lowest BCUT2D eigenvalue weighted by Gasteiger charge is -2.28. The van der Waals surface area contributed by atoms with Crippen molar-refractivity contribution in [3.8, 4) is 0 Å². The van der Waals surface area contributed by atoms with Crippen LogP contribution in [-0.4, -0.2) is 30.8 Å². The molecule has 1 aromatic heterocycles. The van der Waals surface area contributed by atoms with E-state index >= 15 is 0 Å². The molecule has 0 amide bonds. The normalized spacial score (nSPS) is 24.0. The molecule has 0 radical (unpaired) electrons. The minimum atomic E-state index is -0.323. The second-order valence-electron chi connectivity index (χ2n) is 4.35. The van der Waals surface area contributed by atoms with E-state index in [1.165, 1.54) is 0 Å². The molecule has 0 saturated carbocycles. The molecular formula is C12H18FN3O. The Labute approximate surface area is 101 Å². The first kappa shape index (κ1) is 12.3. The van der Waals surface area contributed by atoms with Gasteiger partial charge in [-0.1, -0.05) is 0 Å². The van der Waals surface area contributed by atoms with Crippen molar-refractivity contribution in [3.05, 3.63) is 23.6 Å². The molecule has 94 valence electrons. The van der Waals surface area contributed by atoms with Crippen LogP contribution >= 0.6 is 0 Å². The molecule has 17 heavy (non-hydrogen) atoms. The minimum absolute atomic E-state index is 0.0998. The lowest BCUT2D eigenvalue weighted by atomic mass is 10.1. The first-order chi connectivity index (χ1) is 8.15. The maximum atomic E-state index is 14.1. The lowest BCUT2D eigenvalue weighted by Crippen LogP contribution is -2.38. The summed E-state index contributed by atoms with van der Waals surface area (Å²) in [5.41, 5.74) is 5.98. The minimum Gasteiger partial charge on any atom is -0.376 e. The summed E-state index contributed by atoms with van der Waals surface area (Å²) in [5, 5.41) is 0. The molecule has 0 bridgehead atoms. The van der Waals surface area contributed by atoms with Crippen molar-refractivity contribution in [2.75, 3.05) is 18.6 Å². The monoisotopic (exact) mass is 239 g/mol.